The van der Waals surface area contributed by atoms with Gasteiger partial charge in [0.1, 0.15) is 18.1 Å². The van der Waals surface area contributed by atoms with Crippen molar-refractivity contribution < 1.29 is 31.5 Å². The molecule has 1 fully saturated rings. The molecular formula is C17H18Cl2NO4S-. The van der Waals surface area contributed by atoms with Crippen molar-refractivity contribution in [1.82, 2.24) is 4.90 Å². The minimum atomic E-state index is -0.494. The van der Waals surface area contributed by atoms with E-state index >= 15 is 0 Å². The summed E-state index contributed by atoms with van der Waals surface area (Å²) in [7, 11) is 1.60. The molecule has 25 heavy (non-hydrogen) atoms. The molecule has 0 saturated carbocycles. The first-order valence-corrected chi connectivity index (χ1v) is 9.18. The van der Waals surface area contributed by atoms with E-state index in [0.29, 0.717) is 11.4 Å². The Morgan fingerprint density at radius 1 is 1.36 bits per heavy atom. The van der Waals surface area contributed by atoms with Crippen LogP contribution < -0.4 is 17.1 Å². The fraction of sp³-hybridized carbons (Fsp3) is 0.412. The van der Waals surface area contributed by atoms with E-state index in [-0.39, 0.29) is 42.1 Å². The van der Waals surface area contributed by atoms with E-state index in [1.165, 1.54) is 4.90 Å². The van der Waals surface area contributed by atoms with Crippen LogP contribution in [0.1, 0.15) is 12.5 Å². The van der Waals surface area contributed by atoms with Crippen molar-refractivity contribution in [1.29, 1.82) is 0 Å². The Kier molecular flexibility index (Phi) is 6.65. The zero-order chi connectivity index (χ0) is 17.3. The van der Waals surface area contributed by atoms with Gasteiger partial charge in [0, 0.05) is 11.6 Å². The number of hydrogen-bond donors (Lipinski definition) is 0. The van der Waals surface area contributed by atoms with Gasteiger partial charge in [-0.3, -0.25) is 9.69 Å². The lowest BCUT2D eigenvalue weighted by atomic mass is 9.98. The van der Waals surface area contributed by atoms with Gasteiger partial charge in [-0.2, -0.15) is 0 Å². The van der Waals surface area contributed by atoms with Gasteiger partial charge in [-0.15, -0.1) is 23.4 Å². The van der Waals surface area contributed by atoms with E-state index in [0.717, 1.165) is 16.9 Å². The van der Waals surface area contributed by atoms with Crippen LogP contribution in [0, 0.1) is 5.92 Å². The first kappa shape index (κ1) is 19.9. The van der Waals surface area contributed by atoms with Crippen LogP contribution in [0.4, 0.5) is 0 Å². The Balaban J connectivity index is 0.00000225. The van der Waals surface area contributed by atoms with Crippen LogP contribution in [0.25, 0.3) is 0 Å². The van der Waals surface area contributed by atoms with Crippen molar-refractivity contribution >= 4 is 35.2 Å². The maximum Gasteiger partial charge on any atom is 0.355 e. The lowest BCUT2D eigenvalue weighted by Crippen LogP contribution is -3.00. The monoisotopic (exact) mass is 402 g/mol. The average Bonchev–Trinajstić information content (AvgIpc) is 2.64. The smallest absolute Gasteiger partial charge is 0.355 e. The van der Waals surface area contributed by atoms with Crippen LogP contribution in [0.3, 0.4) is 0 Å². The van der Waals surface area contributed by atoms with E-state index in [1.807, 2.05) is 19.1 Å². The second kappa shape index (κ2) is 8.34. The molecule has 0 unspecified atom stereocenters. The molecule has 1 saturated heterocycles. The summed E-state index contributed by atoms with van der Waals surface area (Å²) in [5.74, 6) is 0.985. The number of esters is 1. The molecule has 2 atom stereocenters. The molecule has 0 aromatic heterocycles. The van der Waals surface area contributed by atoms with E-state index in [4.69, 9.17) is 21.1 Å². The average molecular weight is 403 g/mol. The fourth-order valence-electron chi connectivity index (χ4n) is 2.77. The standard InChI is InChI=1S/C17H18ClNO4S.ClH/c1-10-15(20)19-14(12(7-18)9-24-16(10)19)17(21)23-8-11-3-5-13(22-2)6-4-11;/h3-6,10,16H,7-9H2,1-2H3;1H/p-1/t10-,16-;/m1./s1. The summed E-state index contributed by atoms with van der Waals surface area (Å²) >= 11 is 7.60. The van der Waals surface area contributed by atoms with Gasteiger partial charge in [0.2, 0.25) is 5.91 Å². The SMILES string of the molecule is COc1ccc(COC(=O)C2=C(CCl)CS[C@@H]3[C@H](C)C(=O)N23)cc1.[Cl-]. The Bertz CT molecular complexity index is 692. The second-order valence-corrected chi connectivity index (χ2v) is 7.08. The largest absolute Gasteiger partial charge is 1.00 e. The zero-order valence-electron chi connectivity index (χ0n) is 13.8. The number of alkyl halides is 1. The van der Waals surface area contributed by atoms with Gasteiger partial charge in [0.05, 0.1) is 18.4 Å². The van der Waals surface area contributed by atoms with Crippen molar-refractivity contribution in [2.45, 2.75) is 18.9 Å². The van der Waals surface area contributed by atoms with Crippen molar-refractivity contribution in [3.8, 4) is 5.75 Å². The number of β-lactam (4-membered cyclic amide) rings is 1. The number of fused-ring (bicyclic) bond motifs is 1. The molecular weight excluding hydrogens is 385 g/mol. The van der Waals surface area contributed by atoms with E-state index in [2.05, 4.69) is 0 Å². The molecule has 2 aliphatic heterocycles. The highest BCUT2D eigenvalue weighted by molar-refractivity contribution is 8.00. The molecule has 3 rings (SSSR count). The van der Waals surface area contributed by atoms with Gasteiger partial charge in [-0.1, -0.05) is 19.1 Å². The summed E-state index contributed by atoms with van der Waals surface area (Å²) < 4.78 is 10.5. The lowest BCUT2D eigenvalue weighted by Gasteiger charge is -2.48. The summed E-state index contributed by atoms with van der Waals surface area (Å²) in [6, 6.07) is 7.28. The number of methoxy groups -OCH3 is 1. The van der Waals surface area contributed by atoms with E-state index in [1.54, 1.807) is 31.0 Å². The third-order valence-electron chi connectivity index (χ3n) is 4.20. The van der Waals surface area contributed by atoms with Crippen LogP contribution in [-0.4, -0.2) is 40.9 Å². The number of carbonyl (C=O) groups is 2. The first-order chi connectivity index (χ1) is 11.6. The van der Waals surface area contributed by atoms with Crippen molar-refractivity contribution in [3.05, 3.63) is 41.1 Å². The highest BCUT2D eigenvalue weighted by Gasteiger charge is 2.51. The minimum absolute atomic E-state index is 0. The number of thioether (sulfide) groups is 1. The topological polar surface area (TPSA) is 55.8 Å². The summed E-state index contributed by atoms with van der Waals surface area (Å²) in [5.41, 5.74) is 1.92. The predicted octanol–water partition coefficient (Wildman–Crippen LogP) is -0.213. The Morgan fingerprint density at radius 2 is 2.04 bits per heavy atom. The lowest BCUT2D eigenvalue weighted by molar-refractivity contribution is -0.154. The molecule has 0 aliphatic carbocycles. The van der Waals surface area contributed by atoms with Crippen molar-refractivity contribution in [3.63, 3.8) is 0 Å². The molecule has 0 radical (unpaired) electrons. The fourth-order valence-corrected chi connectivity index (χ4v) is 4.48. The van der Waals surface area contributed by atoms with Gasteiger partial charge < -0.3 is 21.9 Å². The maximum absolute atomic E-state index is 12.5. The summed E-state index contributed by atoms with van der Waals surface area (Å²) in [6.07, 6.45) is 0. The minimum Gasteiger partial charge on any atom is -1.00 e. The van der Waals surface area contributed by atoms with Gasteiger partial charge >= 0.3 is 5.97 Å². The number of nitrogens with zero attached hydrogens (tertiary/aromatic N) is 1. The normalized spacial score (nSPS) is 21.9. The molecule has 0 spiro atoms. The van der Waals surface area contributed by atoms with Gasteiger partial charge in [-0.05, 0) is 23.3 Å². The Hall–Kier alpha value is -1.37. The summed E-state index contributed by atoms with van der Waals surface area (Å²) in [4.78, 5) is 26.2. The highest BCUT2D eigenvalue weighted by Crippen LogP contribution is 2.43. The molecule has 136 valence electrons. The summed E-state index contributed by atoms with van der Waals surface area (Å²) in [6.45, 7) is 2.01. The van der Waals surface area contributed by atoms with Crippen LogP contribution in [-0.2, 0) is 20.9 Å². The quantitative estimate of drug-likeness (QED) is 0.387. The first-order valence-electron chi connectivity index (χ1n) is 7.59. The summed E-state index contributed by atoms with van der Waals surface area (Å²) in [5, 5.41) is 0.00741. The molecule has 5 nitrogen and oxygen atoms in total. The third kappa shape index (κ3) is 3.76. The predicted molar refractivity (Wildman–Crippen MR) is 92.8 cm³/mol. The number of hydrogen-bond acceptors (Lipinski definition) is 5. The Labute approximate surface area is 162 Å². The molecule has 8 heteroatoms. The van der Waals surface area contributed by atoms with E-state index in [9.17, 15) is 9.59 Å². The zero-order valence-corrected chi connectivity index (χ0v) is 16.2. The van der Waals surface area contributed by atoms with Gasteiger partial charge in [0.25, 0.3) is 0 Å². The third-order valence-corrected chi connectivity index (χ3v) is 6.00. The highest BCUT2D eigenvalue weighted by atomic mass is 35.5. The van der Waals surface area contributed by atoms with Crippen molar-refractivity contribution in [2.24, 2.45) is 5.92 Å². The van der Waals surface area contributed by atoms with Crippen molar-refractivity contribution in [2.75, 3.05) is 18.7 Å². The number of ether oxygens (including phenoxy) is 2. The molecule has 2 aliphatic rings. The number of rotatable bonds is 5. The van der Waals surface area contributed by atoms with Crippen LogP contribution in [0.15, 0.2) is 35.5 Å². The van der Waals surface area contributed by atoms with Crippen LogP contribution in [0.5, 0.6) is 5.75 Å². The Morgan fingerprint density at radius 3 is 2.64 bits per heavy atom. The van der Waals surface area contributed by atoms with E-state index < -0.39 is 5.97 Å². The van der Waals surface area contributed by atoms with Crippen LogP contribution in [0.2, 0.25) is 0 Å². The number of benzene rings is 1. The molecule has 0 N–H and O–H groups in total. The molecule has 1 aromatic rings. The second-order valence-electron chi connectivity index (χ2n) is 5.71. The molecule has 1 aromatic carbocycles. The molecule has 2 heterocycles. The van der Waals surface area contributed by atoms with Gasteiger partial charge in [0.15, 0.2) is 0 Å². The number of carbonyl (C=O) groups excluding carboxylic acids is 2. The number of amides is 1. The van der Waals surface area contributed by atoms with Gasteiger partial charge in [-0.25, -0.2) is 4.79 Å². The maximum atomic E-state index is 12.5. The number of halogens is 2. The molecule has 0 bridgehead atoms. The molecule has 1 amide bonds. The van der Waals surface area contributed by atoms with Crippen LogP contribution >= 0.6 is 23.4 Å².